The molecule has 4 heteroatoms. The lowest BCUT2D eigenvalue weighted by Gasteiger charge is -2.19. The molecule has 0 aromatic heterocycles. The van der Waals surface area contributed by atoms with Crippen LogP contribution < -0.4 is 10.5 Å². The summed E-state index contributed by atoms with van der Waals surface area (Å²) >= 11 is 0. The predicted molar refractivity (Wildman–Crippen MR) is 83.2 cm³/mol. The Morgan fingerprint density at radius 3 is 2.62 bits per heavy atom. The minimum atomic E-state index is -0.601. The molecule has 21 heavy (non-hydrogen) atoms. The molecule has 2 aromatic carbocycles. The summed E-state index contributed by atoms with van der Waals surface area (Å²) in [5, 5.41) is 2.16. The fourth-order valence-electron chi connectivity index (χ4n) is 2.32. The van der Waals surface area contributed by atoms with E-state index >= 15 is 0 Å². The fraction of sp³-hybridized carbons (Fsp3) is 0.353. The Kier molecular flexibility index (Phi) is 5.17. The van der Waals surface area contributed by atoms with Crippen LogP contribution in [0.15, 0.2) is 36.4 Å². The Balaban J connectivity index is 2.35. The third-order valence-corrected chi connectivity index (χ3v) is 3.39. The lowest BCUT2D eigenvalue weighted by Crippen LogP contribution is -2.29. The number of hydrogen-bond acceptors (Lipinski definition) is 4. The molecule has 0 saturated heterocycles. The van der Waals surface area contributed by atoms with Gasteiger partial charge in [-0.15, -0.1) is 0 Å². The quantitative estimate of drug-likeness (QED) is 0.830. The third-order valence-electron chi connectivity index (χ3n) is 3.39. The molecule has 0 fully saturated rings. The van der Waals surface area contributed by atoms with Crippen LogP contribution in [0.25, 0.3) is 10.8 Å². The van der Waals surface area contributed by atoms with Gasteiger partial charge in [-0.3, -0.25) is 0 Å². The number of carbonyl (C=O) groups is 1. The SMILES string of the molecule is CCOC(=O)C(CC)Oc1ccc2ccccc2c1CN. The first-order chi connectivity index (χ1) is 10.2. The summed E-state index contributed by atoms with van der Waals surface area (Å²) in [4.78, 5) is 11.9. The zero-order valence-corrected chi connectivity index (χ0v) is 12.5. The summed E-state index contributed by atoms with van der Waals surface area (Å²) in [6.07, 6.45) is -0.0493. The minimum absolute atomic E-state index is 0.337. The second kappa shape index (κ2) is 7.09. The van der Waals surface area contributed by atoms with Crippen molar-refractivity contribution in [2.75, 3.05) is 6.61 Å². The number of carbonyl (C=O) groups excluding carboxylic acids is 1. The van der Waals surface area contributed by atoms with E-state index in [4.69, 9.17) is 15.2 Å². The Bertz CT molecular complexity index is 624. The van der Waals surface area contributed by atoms with Crippen LogP contribution >= 0.6 is 0 Å². The van der Waals surface area contributed by atoms with Crippen molar-refractivity contribution >= 4 is 16.7 Å². The number of fused-ring (bicyclic) bond motifs is 1. The zero-order valence-electron chi connectivity index (χ0n) is 12.5. The number of esters is 1. The number of nitrogens with two attached hydrogens (primary N) is 1. The molecule has 2 aromatic rings. The first-order valence-electron chi connectivity index (χ1n) is 7.25. The highest BCUT2D eigenvalue weighted by Gasteiger charge is 2.21. The molecular formula is C17H21NO3. The zero-order chi connectivity index (χ0) is 15.2. The fourth-order valence-corrected chi connectivity index (χ4v) is 2.32. The van der Waals surface area contributed by atoms with Gasteiger partial charge < -0.3 is 15.2 Å². The lowest BCUT2D eigenvalue weighted by molar-refractivity contribution is -0.151. The maximum Gasteiger partial charge on any atom is 0.347 e. The van der Waals surface area contributed by atoms with Crippen LogP contribution in [-0.2, 0) is 16.1 Å². The van der Waals surface area contributed by atoms with E-state index in [1.165, 1.54) is 0 Å². The van der Waals surface area contributed by atoms with Crippen molar-refractivity contribution in [3.63, 3.8) is 0 Å². The van der Waals surface area contributed by atoms with Gasteiger partial charge in [0, 0.05) is 12.1 Å². The van der Waals surface area contributed by atoms with E-state index in [9.17, 15) is 4.79 Å². The van der Waals surface area contributed by atoms with Crippen LogP contribution in [0.5, 0.6) is 5.75 Å². The van der Waals surface area contributed by atoms with E-state index in [0.29, 0.717) is 25.3 Å². The van der Waals surface area contributed by atoms with E-state index in [1.807, 2.05) is 43.3 Å². The van der Waals surface area contributed by atoms with Crippen molar-refractivity contribution in [3.8, 4) is 5.75 Å². The minimum Gasteiger partial charge on any atom is -0.478 e. The molecule has 2 rings (SSSR count). The van der Waals surface area contributed by atoms with Crippen LogP contribution in [0.1, 0.15) is 25.8 Å². The van der Waals surface area contributed by atoms with Gasteiger partial charge in [0.15, 0.2) is 6.10 Å². The van der Waals surface area contributed by atoms with Crippen molar-refractivity contribution in [2.45, 2.75) is 32.9 Å². The van der Waals surface area contributed by atoms with Crippen molar-refractivity contribution in [1.82, 2.24) is 0 Å². The Hall–Kier alpha value is -2.07. The van der Waals surface area contributed by atoms with Crippen LogP contribution in [0.4, 0.5) is 0 Å². The molecule has 2 N–H and O–H groups in total. The van der Waals surface area contributed by atoms with E-state index in [2.05, 4.69) is 0 Å². The molecule has 4 nitrogen and oxygen atoms in total. The van der Waals surface area contributed by atoms with Crippen molar-refractivity contribution in [3.05, 3.63) is 42.0 Å². The monoisotopic (exact) mass is 287 g/mol. The maximum absolute atomic E-state index is 11.9. The lowest BCUT2D eigenvalue weighted by atomic mass is 10.0. The van der Waals surface area contributed by atoms with E-state index in [0.717, 1.165) is 16.3 Å². The van der Waals surface area contributed by atoms with E-state index in [-0.39, 0.29) is 5.97 Å². The normalized spacial score (nSPS) is 12.1. The molecule has 0 saturated carbocycles. The third kappa shape index (κ3) is 3.34. The van der Waals surface area contributed by atoms with Crippen molar-refractivity contribution in [2.24, 2.45) is 5.73 Å². The molecule has 0 spiro atoms. The first-order valence-corrected chi connectivity index (χ1v) is 7.25. The van der Waals surface area contributed by atoms with Crippen molar-refractivity contribution < 1.29 is 14.3 Å². The van der Waals surface area contributed by atoms with Crippen LogP contribution in [0.2, 0.25) is 0 Å². The highest BCUT2D eigenvalue weighted by Crippen LogP contribution is 2.28. The first kappa shape index (κ1) is 15.3. The van der Waals surface area contributed by atoms with Gasteiger partial charge in [0.25, 0.3) is 0 Å². The highest BCUT2D eigenvalue weighted by atomic mass is 16.6. The molecule has 112 valence electrons. The van der Waals surface area contributed by atoms with Gasteiger partial charge in [0.05, 0.1) is 6.61 Å². The summed E-state index contributed by atoms with van der Waals surface area (Å²) in [7, 11) is 0. The van der Waals surface area contributed by atoms with Gasteiger partial charge >= 0.3 is 5.97 Å². The van der Waals surface area contributed by atoms with E-state index < -0.39 is 6.10 Å². The van der Waals surface area contributed by atoms with Gasteiger partial charge in [-0.05, 0) is 30.2 Å². The number of ether oxygens (including phenoxy) is 2. The molecule has 0 aliphatic rings. The molecule has 0 amide bonds. The largest absolute Gasteiger partial charge is 0.478 e. The maximum atomic E-state index is 11.9. The van der Waals surface area contributed by atoms with Crippen LogP contribution in [0, 0.1) is 0 Å². The molecule has 0 heterocycles. The standard InChI is InChI=1S/C17H21NO3/c1-3-15(17(19)20-4-2)21-16-10-9-12-7-5-6-8-13(12)14(16)11-18/h5-10,15H,3-4,11,18H2,1-2H3. The Morgan fingerprint density at radius 2 is 1.95 bits per heavy atom. The number of rotatable bonds is 6. The smallest absolute Gasteiger partial charge is 0.347 e. The summed E-state index contributed by atoms with van der Waals surface area (Å²) < 4.78 is 10.9. The summed E-state index contributed by atoms with van der Waals surface area (Å²) in [6.45, 7) is 4.38. The number of hydrogen-bond donors (Lipinski definition) is 1. The van der Waals surface area contributed by atoms with Gasteiger partial charge in [0.2, 0.25) is 0 Å². The highest BCUT2D eigenvalue weighted by molar-refractivity contribution is 5.88. The summed E-state index contributed by atoms with van der Waals surface area (Å²) in [6, 6.07) is 11.8. The van der Waals surface area contributed by atoms with E-state index in [1.54, 1.807) is 6.92 Å². The number of benzene rings is 2. The Labute approximate surface area is 124 Å². The molecule has 0 aliphatic heterocycles. The van der Waals surface area contributed by atoms with Gasteiger partial charge in [-0.1, -0.05) is 37.3 Å². The predicted octanol–water partition coefficient (Wildman–Crippen LogP) is 3.02. The average Bonchev–Trinajstić information content (AvgIpc) is 2.52. The molecule has 1 atom stereocenters. The summed E-state index contributed by atoms with van der Waals surface area (Å²) in [5.41, 5.74) is 6.79. The molecule has 0 bridgehead atoms. The van der Waals surface area contributed by atoms with Crippen molar-refractivity contribution in [1.29, 1.82) is 0 Å². The second-order valence-electron chi connectivity index (χ2n) is 4.73. The Morgan fingerprint density at radius 1 is 1.19 bits per heavy atom. The van der Waals surface area contributed by atoms with Gasteiger partial charge in [0.1, 0.15) is 5.75 Å². The van der Waals surface area contributed by atoms with Gasteiger partial charge in [-0.25, -0.2) is 4.79 Å². The second-order valence-corrected chi connectivity index (χ2v) is 4.73. The van der Waals surface area contributed by atoms with Crippen LogP contribution in [0.3, 0.4) is 0 Å². The summed E-state index contributed by atoms with van der Waals surface area (Å²) in [5.74, 6) is 0.312. The molecular weight excluding hydrogens is 266 g/mol. The molecule has 0 radical (unpaired) electrons. The topological polar surface area (TPSA) is 61.5 Å². The van der Waals surface area contributed by atoms with Crippen LogP contribution in [-0.4, -0.2) is 18.7 Å². The molecule has 1 unspecified atom stereocenters. The van der Waals surface area contributed by atoms with Gasteiger partial charge in [-0.2, -0.15) is 0 Å². The molecule has 0 aliphatic carbocycles. The average molecular weight is 287 g/mol.